The van der Waals surface area contributed by atoms with Crippen LogP contribution in [-0.4, -0.2) is 34.8 Å². The zero-order valence-corrected chi connectivity index (χ0v) is 12.4. The second-order valence-electron chi connectivity index (χ2n) is 6.38. The van der Waals surface area contributed by atoms with Crippen molar-refractivity contribution in [1.29, 1.82) is 0 Å². The molecule has 4 heteroatoms. The fourth-order valence-electron chi connectivity index (χ4n) is 2.67. The normalized spacial score (nSPS) is 27.1. The van der Waals surface area contributed by atoms with E-state index in [9.17, 15) is 9.59 Å². The lowest BCUT2D eigenvalue weighted by Crippen LogP contribution is -2.67. The lowest BCUT2D eigenvalue weighted by molar-refractivity contribution is -0.156. The Morgan fingerprint density at radius 3 is 2.33 bits per heavy atom. The molecule has 1 aliphatic heterocycles. The van der Waals surface area contributed by atoms with E-state index in [-0.39, 0.29) is 29.3 Å². The molecule has 0 saturated carbocycles. The number of rotatable bonds is 3. The van der Waals surface area contributed by atoms with Gasteiger partial charge in [0.2, 0.25) is 11.8 Å². The number of nitrogens with one attached hydrogen (secondary N) is 1. The van der Waals surface area contributed by atoms with Crippen LogP contribution < -0.4 is 5.32 Å². The van der Waals surface area contributed by atoms with E-state index in [2.05, 4.69) is 12.2 Å². The van der Waals surface area contributed by atoms with Gasteiger partial charge < -0.3 is 10.2 Å². The maximum Gasteiger partial charge on any atom is 0.245 e. The molecule has 0 bridgehead atoms. The Labute approximate surface area is 110 Å². The van der Waals surface area contributed by atoms with Crippen molar-refractivity contribution in [3.8, 4) is 0 Å². The van der Waals surface area contributed by atoms with Crippen LogP contribution >= 0.6 is 0 Å². The molecule has 3 atom stereocenters. The van der Waals surface area contributed by atoms with E-state index in [1.54, 1.807) is 11.8 Å². The summed E-state index contributed by atoms with van der Waals surface area (Å²) in [5.74, 6) is 0.00743. The van der Waals surface area contributed by atoms with Crippen molar-refractivity contribution >= 4 is 11.8 Å². The van der Waals surface area contributed by atoms with Gasteiger partial charge in [-0.1, -0.05) is 34.1 Å². The third-order valence-corrected chi connectivity index (χ3v) is 3.51. The van der Waals surface area contributed by atoms with Crippen LogP contribution in [-0.2, 0) is 9.59 Å². The topological polar surface area (TPSA) is 49.4 Å². The molecule has 18 heavy (non-hydrogen) atoms. The fourth-order valence-corrected chi connectivity index (χ4v) is 2.67. The molecule has 1 N–H and O–H groups in total. The average Bonchev–Trinajstić information content (AvgIpc) is 2.21. The van der Waals surface area contributed by atoms with Crippen LogP contribution in [0.3, 0.4) is 0 Å². The summed E-state index contributed by atoms with van der Waals surface area (Å²) in [5, 5.41) is 2.78. The van der Waals surface area contributed by atoms with Gasteiger partial charge in [0, 0.05) is 6.04 Å². The first kappa shape index (κ1) is 15.0. The third-order valence-electron chi connectivity index (χ3n) is 3.51. The molecule has 3 unspecified atom stereocenters. The Morgan fingerprint density at radius 2 is 1.89 bits per heavy atom. The average molecular weight is 254 g/mol. The summed E-state index contributed by atoms with van der Waals surface area (Å²) in [4.78, 5) is 26.4. The molecule has 0 aromatic rings. The maximum atomic E-state index is 12.4. The molecular formula is C14H26N2O2. The molecule has 1 fully saturated rings. The van der Waals surface area contributed by atoms with E-state index in [4.69, 9.17) is 0 Å². The highest BCUT2D eigenvalue weighted by Gasteiger charge is 2.46. The fraction of sp³-hybridized carbons (Fsp3) is 0.857. The van der Waals surface area contributed by atoms with Gasteiger partial charge in [0.15, 0.2) is 0 Å². The number of carbonyl (C=O) groups excluding carboxylic acids is 2. The van der Waals surface area contributed by atoms with Gasteiger partial charge >= 0.3 is 0 Å². The molecular weight excluding hydrogens is 228 g/mol. The predicted molar refractivity (Wildman–Crippen MR) is 72.1 cm³/mol. The van der Waals surface area contributed by atoms with Gasteiger partial charge in [0.05, 0.1) is 0 Å². The van der Waals surface area contributed by atoms with Gasteiger partial charge in [-0.05, 0) is 25.7 Å². The minimum atomic E-state index is -0.407. The molecule has 0 aliphatic carbocycles. The van der Waals surface area contributed by atoms with Gasteiger partial charge in [0.25, 0.3) is 0 Å². The number of hydrogen-bond donors (Lipinski definition) is 1. The second-order valence-corrected chi connectivity index (χ2v) is 6.38. The molecule has 104 valence electrons. The van der Waals surface area contributed by atoms with Crippen molar-refractivity contribution in [2.75, 3.05) is 0 Å². The van der Waals surface area contributed by atoms with E-state index in [0.29, 0.717) is 0 Å². The lowest BCUT2D eigenvalue weighted by Gasteiger charge is -2.46. The maximum absolute atomic E-state index is 12.4. The highest BCUT2D eigenvalue weighted by Crippen LogP contribution is 2.30. The van der Waals surface area contributed by atoms with Crippen LogP contribution in [0.1, 0.15) is 54.4 Å². The van der Waals surface area contributed by atoms with Crippen molar-refractivity contribution in [3.05, 3.63) is 0 Å². The van der Waals surface area contributed by atoms with E-state index in [0.717, 1.165) is 12.8 Å². The highest BCUT2D eigenvalue weighted by atomic mass is 16.2. The summed E-state index contributed by atoms with van der Waals surface area (Å²) in [6, 6.07) is -0.668. The molecule has 1 rings (SSSR count). The Morgan fingerprint density at radius 1 is 1.33 bits per heavy atom. The summed E-state index contributed by atoms with van der Waals surface area (Å²) in [6.07, 6.45) is 1.94. The number of hydrogen-bond acceptors (Lipinski definition) is 2. The number of carbonyl (C=O) groups is 2. The molecule has 1 heterocycles. The van der Waals surface area contributed by atoms with Crippen LogP contribution in [0.15, 0.2) is 0 Å². The molecule has 0 spiro atoms. The zero-order valence-electron chi connectivity index (χ0n) is 12.4. The summed E-state index contributed by atoms with van der Waals surface area (Å²) in [5.41, 5.74) is -0.248. The molecule has 0 aromatic carbocycles. The van der Waals surface area contributed by atoms with Crippen LogP contribution in [0.25, 0.3) is 0 Å². The molecule has 0 aromatic heterocycles. The lowest BCUT2D eigenvalue weighted by atomic mass is 9.82. The highest BCUT2D eigenvalue weighted by molar-refractivity contribution is 5.97. The van der Waals surface area contributed by atoms with Gasteiger partial charge in [0.1, 0.15) is 12.1 Å². The molecule has 1 aliphatic rings. The largest absolute Gasteiger partial charge is 0.343 e. The second kappa shape index (κ2) is 5.29. The minimum Gasteiger partial charge on any atom is -0.343 e. The Bertz CT molecular complexity index is 333. The summed E-state index contributed by atoms with van der Waals surface area (Å²) >= 11 is 0. The van der Waals surface area contributed by atoms with Crippen LogP contribution in [0.5, 0.6) is 0 Å². The summed E-state index contributed by atoms with van der Waals surface area (Å²) in [6.45, 7) is 11.9. The standard InChI is InChI=1S/C14H26N2O2/c1-7-8-9(2)16-11(14(4,5)6)12(17)15-10(3)13(16)18/h9-11H,7-8H2,1-6H3,(H,15,17). The number of nitrogens with zero attached hydrogens (tertiary/aromatic N) is 1. The van der Waals surface area contributed by atoms with Gasteiger partial charge in [-0.2, -0.15) is 0 Å². The Kier molecular flexibility index (Phi) is 4.41. The predicted octanol–water partition coefficient (Wildman–Crippen LogP) is 1.94. The van der Waals surface area contributed by atoms with E-state index < -0.39 is 6.04 Å². The van der Waals surface area contributed by atoms with Gasteiger partial charge in [-0.25, -0.2) is 0 Å². The monoisotopic (exact) mass is 254 g/mol. The number of amides is 2. The summed E-state index contributed by atoms with van der Waals surface area (Å²) in [7, 11) is 0. The van der Waals surface area contributed by atoms with E-state index in [1.807, 2.05) is 27.7 Å². The van der Waals surface area contributed by atoms with E-state index >= 15 is 0 Å². The molecule has 0 radical (unpaired) electrons. The minimum absolute atomic E-state index is 0.0300. The van der Waals surface area contributed by atoms with Crippen molar-refractivity contribution in [2.24, 2.45) is 5.41 Å². The Hall–Kier alpha value is -1.06. The quantitative estimate of drug-likeness (QED) is 0.836. The first-order valence-corrected chi connectivity index (χ1v) is 6.82. The molecule has 2 amide bonds. The van der Waals surface area contributed by atoms with Crippen LogP contribution in [0, 0.1) is 5.41 Å². The van der Waals surface area contributed by atoms with Gasteiger partial charge in [-0.15, -0.1) is 0 Å². The zero-order chi connectivity index (χ0) is 14.1. The summed E-state index contributed by atoms with van der Waals surface area (Å²) < 4.78 is 0. The molecule has 4 nitrogen and oxygen atoms in total. The first-order valence-electron chi connectivity index (χ1n) is 6.82. The van der Waals surface area contributed by atoms with Crippen molar-refractivity contribution in [3.63, 3.8) is 0 Å². The SMILES string of the molecule is CCCC(C)N1C(=O)C(C)NC(=O)C1C(C)(C)C. The van der Waals surface area contributed by atoms with Crippen LogP contribution in [0.2, 0.25) is 0 Å². The van der Waals surface area contributed by atoms with E-state index in [1.165, 1.54) is 0 Å². The third kappa shape index (κ3) is 2.85. The molecule has 1 saturated heterocycles. The first-order chi connectivity index (χ1) is 8.20. The van der Waals surface area contributed by atoms with Crippen LogP contribution in [0.4, 0.5) is 0 Å². The van der Waals surface area contributed by atoms with Crippen molar-refractivity contribution in [1.82, 2.24) is 10.2 Å². The van der Waals surface area contributed by atoms with Gasteiger partial charge in [-0.3, -0.25) is 9.59 Å². The number of piperazine rings is 1. The Balaban J connectivity index is 3.09. The smallest absolute Gasteiger partial charge is 0.245 e. The van der Waals surface area contributed by atoms with Crippen molar-refractivity contribution in [2.45, 2.75) is 72.5 Å². The van der Waals surface area contributed by atoms with Crippen molar-refractivity contribution < 1.29 is 9.59 Å².